The zero-order valence-corrected chi connectivity index (χ0v) is 21.5. The number of aromatic nitrogens is 3. The third-order valence-corrected chi connectivity index (χ3v) is 8.44. The fourth-order valence-corrected chi connectivity index (χ4v) is 6.30. The molecule has 0 saturated carbocycles. The maximum Gasteiger partial charge on any atom is 0.229 e. The standard InChI is InChI=1S/C28H25N5OS2/c1-18-6-11-22-25(16-18)36-28(30-22)19-7-9-21(10-8-19)29-27(34)20-4-2-14-33(17-20)26-13-12-23(31-32-26)24-5-3-15-35-24/h3,5-13,15-16,20H,2,4,14,17H2,1H3,(H,29,34). The van der Waals surface area contributed by atoms with Crippen molar-refractivity contribution in [3.05, 3.63) is 77.7 Å². The Morgan fingerprint density at radius 3 is 2.72 bits per heavy atom. The minimum Gasteiger partial charge on any atom is -0.354 e. The van der Waals surface area contributed by atoms with Crippen LogP contribution in [0.3, 0.4) is 0 Å². The molecule has 0 spiro atoms. The van der Waals surface area contributed by atoms with Crippen LogP contribution in [0.5, 0.6) is 0 Å². The molecule has 36 heavy (non-hydrogen) atoms. The summed E-state index contributed by atoms with van der Waals surface area (Å²) in [6, 6.07) is 22.4. The molecule has 1 amide bonds. The summed E-state index contributed by atoms with van der Waals surface area (Å²) in [6.07, 6.45) is 1.81. The number of thiazole rings is 1. The third-order valence-electron chi connectivity index (χ3n) is 6.48. The van der Waals surface area contributed by atoms with Gasteiger partial charge in [-0.25, -0.2) is 4.98 Å². The number of anilines is 2. The zero-order valence-electron chi connectivity index (χ0n) is 19.8. The van der Waals surface area contributed by atoms with Crippen LogP contribution in [-0.4, -0.2) is 34.2 Å². The molecule has 0 aliphatic carbocycles. The Morgan fingerprint density at radius 1 is 1.06 bits per heavy atom. The molecule has 180 valence electrons. The van der Waals surface area contributed by atoms with Crippen molar-refractivity contribution in [1.29, 1.82) is 0 Å². The van der Waals surface area contributed by atoms with Gasteiger partial charge in [0, 0.05) is 24.3 Å². The van der Waals surface area contributed by atoms with Crippen molar-refractivity contribution in [2.75, 3.05) is 23.3 Å². The molecule has 0 radical (unpaired) electrons. The smallest absolute Gasteiger partial charge is 0.229 e. The molecular formula is C28H25N5OS2. The van der Waals surface area contributed by atoms with E-state index in [2.05, 4.69) is 45.5 Å². The second-order valence-electron chi connectivity index (χ2n) is 9.10. The van der Waals surface area contributed by atoms with Crippen molar-refractivity contribution in [3.63, 3.8) is 0 Å². The lowest BCUT2D eigenvalue weighted by Crippen LogP contribution is -2.41. The van der Waals surface area contributed by atoms with Crippen LogP contribution in [0, 0.1) is 12.8 Å². The average molecular weight is 512 g/mol. The third kappa shape index (κ3) is 4.74. The number of hydrogen-bond donors (Lipinski definition) is 1. The van der Waals surface area contributed by atoms with Gasteiger partial charge >= 0.3 is 0 Å². The number of hydrogen-bond acceptors (Lipinski definition) is 7. The minimum absolute atomic E-state index is 0.0473. The number of thiophene rings is 1. The van der Waals surface area contributed by atoms with E-state index >= 15 is 0 Å². The van der Waals surface area contributed by atoms with Crippen LogP contribution in [0.25, 0.3) is 31.4 Å². The van der Waals surface area contributed by atoms with Gasteiger partial charge in [0.25, 0.3) is 0 Å². The summed E-state index contributed by atoms with van der Waals surface area (Å²) in [5.41, 5.74) is 4.99. The van der Waals surface area contributed by atoms with Crippen molar-refractivity contribution in [3.8, 4) is 21.1 Å². The van der Waals surface area contributed by atoms with Crippen molar-refractivity contribution in [2.24, 2.45) is 5.92 Å². The van der Waals surface area contributed by atoms with Gasteiger partial charge in [-0.15, -0.1) is 32.9 Å². The molecule has 4 heterocycles. The number of rotatable bonds is 5. The zero-order chi connectivity index (χ0) is 24.5. The van der Waals surface area contributed by atoms with Crippen LogP contribution in [0.2, 0.25) is 0 Å². The van der Waals surface area contributed by atoms with Gasteiger partial charge in [-0.2, -0.15) is 0 Å². The van der Waals surface area contributed by atoms with E-state index in [1.807, 2.05) is 53.9 Å². The highest BCUT2D eigenvalue weighted by atomic mass is 32.1. The van der Waals surface area contributed by atoms with Crippen molar-refractivity contribution >= 4 is 50.3 Å². The maximum absolute atomic E-state index is 13.1. The predicted octanol–water partition coefficient (Wildman–Crippen LogP) is 6.65. The van der Waals surface area contributed by atoms with E-state index in [1.54, 1.807) is 22.7 Å². The van der Waals surface area contributed by atoms with Gasteiger partial charge in [0.2, 0.25) is 5.91 Å². The summed E-state index contributed by atoms with van der Waals surface area (Å²) in [5.74, 6) is 0.777. The summed E-state index contributed by atoms with van der Waals surface area (Å²) >= 11 is 3.34. The van der Waals surface area contributed by atoms with Gasteiger partial charge < -0.3 is 10.2 Å². The number of carbonyl (C=O) groups is 1. The molecule has 1 N–H and O–H groups in total. The molecule has 8 heteroatoms. The Bertz CT molecular complexity index is 1490. The van der Waals surface area contributed by atoms with Crippen LogP contribution in [0.15, 0.2) is 72.1 Å². The number of fused-ring (bicyclic) bond motifs is 1. The molecule has 1 unspecified atom stereocenters. The maximum atomic E-state index is 13.1. The molecule has 6 rings (SSSR count). The van der Waals surface area contributed by atoms with Crippen LogP contribution in [-0.2, 0) is 4.79 Å². The first-order valence-corrected chi connectivity index (χ1v) is 13.7. The van der Waals surface area contributed by atoms with Crippen LogP contribution in [0.4, 0.5) is 11.5 Å². The fourth-order valence-electron chi connectivity index (χ4n) is 4.54. The van der Waals surface area contributed by atoms with Crippen molar-refractivity contribution in [1.82, 2.24) is 15.2 Å². The van der Waals surface area contributed by atoms with Gasteiger partial charge in [-0.3, -0.25) is 4.79 Å². The number of benzene rings is 2. The summed E-state index contributed by atoms with van der Waals surface area (Å²) in [5, 5.41) is 15.0. The summed E-state index contributed by atoms with van der Waals surface area (Å²) in [7, 11) is 0. The Balaban J connectivity index is 1.10. The van der Waals surface area contributed by atoms with E-state index < -0.39 is 0 Å². The molecule has 5 aromatic rings. The molecule has 6 nitrogen and oxygen atoms in total. The highest BCUT2D eigenvalue weighted by molar-refractivity contribution is 7.21. The number of nitrogens with zero attached hydrogens (tertiary/aromatic N) is 4. The van der Waals surface area contributed by atoms with Crippen LogP contribution < -0.4 is 10.2 Å². The second-order valence-corrected chi connectivity index (χ2v) is 11.1. The number of aryl methyl sites for hydroxylation is 1. The second kappa shape index (κ2) is 9.79. The lowest BCUT2D eigenvalue weighted by Gasteiger charge is -2.32. The number of carbonyl (C=O) groups excluding carboxylic acids is 1. The molecule has 3 aromatic heterocycles. The highest BCUT2D eigenvalue weighted by Crippen LogP contribution is 2.32. The molecule has 1 fully saturated rings. The first kappa shape index (κ1) is 22.8. The largest absolute Gasteiger partial charge is 0.354 e. The lowest BCUT2D eigenvalue weighted by atomic mass is 9.97. The molecule has 1 aliphatic heterocycles. The van der Waals surface area contributed by atoms with Gasteiger partial charge in [0.05, 0.1) is 21.0 Å². The summed E-state index contributed by atoms with van der Waals surface area (Å²) in [6.45, 7) is 3.62. The summed E-state index contributed by atoms with van der Waals surface area (Å²) < 4.78 is 1.19. The van der Waals surface area contributed by atoms with Crippen molar-refractivity contribution in [2.45, 2.75) is 19.8 Å². The Morgan fingerprint density at radius 2 is 1.94 bits per heavy atom. The van der Waals surface area contributed by atoms with Gasteiger partial charge in [-0.1, -0.05) is 12.1 Å². The first-order valence-electron chi connectivity index (χ1n) is 12.0. The molecule has 1 aliphatic rings. The number of amides is 1. The van der Waals surface area contributed by atoms with Gasteiger partial charge in [-0.05, 0) is 85.3 Å². The van der Waals surface area contributed by atoms with Gasteiger partial charge in [0.15, 0.2) is 5.82 Å². The fraction of sp³-hybridized carbons (Fsp3) is 0.214. The number of nitrogens with one attached hydrogen (secondary N) is 1. The SMILES string of the molecule is Cc1ccc2nc(-c3ccc(NC(=O)C4CCCN(c5ccc(-c6cccs6)nn5)C4)cc3)sc2c1. The summed E-state index contributed by atoms with van der Waals surface area (Å²) in [4.78, 5) is 21.1. The van der Waals surface area contributed by atoms with Crippen molar-refractivity contribution < 1.29 is 4.79 Å². The molecule has 1 atom stereocenters. The Labute approximate surface area is 217 Å². The Hall–Kier alpha value is -3.62. The van der Waals surface area contributed by atoms with Crippen LogP contribution >= 0.6 is 22.7 Å². The quantitative estimate of drug-likeness (QED) is 0.286. The van der Waals surface area contributed by atoms with E-state index in [-0.39, 0.29) is 11.8 Å². The molecule has 0 bridgehead atoms. The monoisotopic (exact) mass is 511 g/mol. The molecule has 1 saturated heterocycles. The van der Waals surface area contributed by atoms with E-state index in [9.17, 15) is 4.79 Å². The minimum atomic E-state index is -0.0929. The normalized spacial score (nSPS) is 15.8. The van der Waals surface area contributed by atoms with E-state index in [1.165, 1.54) is 10.3 Å². The van der Waals surface area contributed by atoms with E-state index in [0.717, 1.165) is 57.6 Å². The van der Waals surface area contributed by atoms with Gasteiger partial charge in [0.1, 0.15) is 10.7 Å². The van der Waals surface area contributed by atoms with Crippen LogP contribution in [0.1, 0.15) is 18.4 Å². The van der Waals surface area contributed by atoms with E-state index in [0.29, 0.717) is 6.54 Å². The lowest BCUT2D eigenvalue weighted by molar-refractivity contribution is -0.120. The predicted molar refractivity (Wildman–Crippen MR) is 149 cm³/mol. The molecular weight excluding hydrogens is 486 g/mol. The first-order chi connectivity index (χ1) is 17.6. The Kier molecular flexibility index (Phi) is 6.21. The molecule has 2 aromatic carbocycles. The number of piperidine rings is 1. The highest BCUT2D eigenvalue weighted by Gasteiger charge is 2.27. The topological polar surface area (TPSA) is 71.0 Å². The van der Waals surface area contributed by atoms with E-state index in [4.69, 9.17) is 4.98 Å². The average Bonchev–Trinajstić information content (AvgIpc) is 3.60.